The first-order chi connectivity index (χ1) is 7.43. The molecule has 0 bridgehead atoms. The Morgan fingerprint density at radius 2 is 1.81 bits per heavy atom. The zero-order valence-corrected chi connectivity index (χ0v) is 8.29. The highest BCUT2D eigenvalue weighted by Crippen LogP contribution is 2.28. The van der Waals surface area contributed by atoms with E-state index >= 15 is 0 Å². The highest BCUT2D eigenvalue weighted by atomic mass is 19.4. The predicted octanol–water partition coefficient (Wildman–Crippen LogP) is 3.06. The van der Waals surface area contributed by atoms with E-state index in [-0.39, 0.29) is 11.4 Å². The molecule has 0 saturated heterocycles. The quantitative estimate of drug-likeness (QED) is 0.870. The van der Waals surface area contributed by atoms with Gasteiger partial charge in [0.2, 0.25) is 0 Å². The summed E-state index contributed by atoms with van der Waals surface area (Å²) >= 11 is 0. The summed E-state index contributed by atoms with van der Waals surface area (Å²) in [5.74, 6) is 0.0341. The molecule has 0 spiro atoms. The third kappa shape index (κ3) is 3.62. The molecule has 90 valence electrons. The Bertz CT molecular complexity index is 324. The molecule has 0 aliphatic heterocycles. The van der Waals surface area contributed by atoms with Crippen molar-refractivity contribution in [3.8, 4) is 5.75 Å². The molecule has 1 atom stereocenters. The fourth-order valence-corrected chi connectivity index (χ4v) is 1.10. The van der Waals surface area contributed by atoms with Crippen LogP contribution in [0.4, 0.5) is 18.9 Å². The second kappa shape index (κ2) is 5.07. The van der Waals surface area contributed by atoms with Gasteiger partial charge in [-0.3, -0.25) is 0 Å². The highest BCUT2D eigenvalue weighted by Gasteiger charge is 2.41. The molecule has 6 heteroatoms. The largest absolute Gasteiger partial charge is 0.699 e. The van der Waals surface area contributed by atoms with Crippen LogP contribution in [0.3, 0.4) is 0 Å². The summed E-state index contributed by atoms with van der Waals surface area (Å²) in [6.45, 7) is -0.597. The van der Waals surface area contributed by atoms with Crippen molar-refractivity contribution in [2.24, 2.45) is 0 Å². The standard InChI is InChI=1S/C10H11F3NO2/c11-10(12,13)9(5-6-15)16-8-3-1-7(14)2-4-8/h1-4,9,14-15H,5-6H2/q-1/t9-/m1/s1. The number of ether oxygens (including phenoxy) is 1. The van der Waals surface area contributed by atoms with Crippen LogP contribution >= 0.6 is 0 Å². The molecule has 2 N–H and O–H groups in total. The maximum Gasteiger partial charge on any atom is 0.425 e. The summed E-state index contributed by atoms with van der Waals surface area (Å²) in [7, 11) is 0. The van der Waals surface area contributed by atoms with Gasteiger partial charge in [-0.2, -0.15) is 13.2 Å². The van der Waals surface area contributed by atoms with Gasteiger partial charge in [0, 0.05) is 13.0 Å². The lowest BCUT2D eigenvalue weighted by Gasteiger charge is -2.21. The van der Waals surface area contributed by atoms with Gasteiger partial charge in [-0.15, -0.1) is 5.69 Å². The van der Waals surface area contributed by atoms with Crippen LogP contribution in [0.1, 0.15) is 6.42 Å². The molecule has 16 heavy (non-hydrogen) atoms. The van der Waals surface area contributed by atoms with Crippen LogP contribution in [0.15, 0.2) is 24.3 Å². The van der Waals surface area contributed by atoms with E-state index in [4.69, 9.17) is 15.6 Å². The van der Waals surface area contributed by atoms with E-state index < -0.39 is 25.3 Å². The maximum atomic E-state index is 12.4. The number of rotatable bonds is 4. The second-order valence-electron chi connectivity index (χ2n) is 3.18. The minimum absolute atomic E-state index is 0.0341. The number of halogens is 3. The molecular formula is C10H11F3NO2-. The van der Waals surface area contributed by atoms with E-state index in [1.807, 2.05) is 0 Å². The topological polar surface area (TPSA) is 53.3 Å². The zero-order valence-electron chi connectivity index (χ0n) is 8.29. The smallest absolute Gasteiger partial charge is 0.425 e. The van der Waals surface area contributed by atoms with Gasteiger partial charge in [0.15, 0.2) is 6.10 Å². The summed E-state index contributed by atoms with van der Waals surface area (Å²) in [5, 5.41) is 8.51. The summed E-state index contributed by atoms with van der Waals surface area (Å²) in [4.78, 5) is 0. The summed E-state index contributed by atoms with van der Waals surface area (Å²) in [6.07, 6.45) is -7.04. The predicted molar refractivity (Wildman–Crippen MR) is 52.6 cm³/mol. The number of hydrogen-bond donors (Lipinski definition) is 1. The van der Waals surface area contributed by atoms with Gasteiger partial charge in [0.1, 0.15) is 5.75 Å². The van der Waals surface area contributed by atoms with Crippen LogP contribution in [0, 0.1) is 0 Å². The van der Waals surface area contributed by atoms with Gasteiger partial charge in [-0.25, -0.2) is 0 Å². The molecule has 0 aliphatic rings. The Hall–Kier alpha value is -1.43. The monoisotopic (exact) mass is 234 g/mol. The van der Waals surface area contributed by atoms with Gasteiger partial charge < -0.3 is 15.6 Å². The van der Waals surface area contributed by atoms with E-state index in [0.29, 0.717) is 0 Å². The van der Waals surface area contributed by atoms with Crippen molar-refractivity contribution >= 4 is 5.69 Å². The minimum atomic E-state index is -4.51. The molecule has 0 aromatic heterocycles. The van der Waals surface area contributed by atoms with Gasteiger partial charge in [0.05, 0.1) is 0 Å². The molecule has 0 radical (unpaired) electrons. The molecular weight excluding hydrogens is 223 g/mol. The van der Waals surface area contributed by atoms with Gasteiger partial charge >= 0.3 is 6.18 Å². The third-order valence-corrected chi connectivity index (χ3v) is 1.89. The Labute approximate surface area is 90.6 Å². The molecule has 0 unspecified atom stereocenters. The Kier molecular flexibility index (Phi) is 4.00. The van der Waals surface area contributed by atoms with Crippen LogP contribution in [-0.4, -0.2) is 24.0 Å². The molecule has 0 aliphatic carbocycles. The van der Waals surface area contributed by atoms with Crippen molar-refractivity contribution in [3.63, 3.8) is 0 Å². The lowest BCUT2D eigenvalue weighted by molar-refractivity contribution is -0.198. The van der Waals surface area contributed by atoms with Crippen molar-refractivity contribution in [3.05, 3.63) is 30.0 Å². The van der Waals surface area contributed by atoms with Crippen LogP contribution in [0.5, 0.6) is 5.75 Å². The molecule has 0 saturated carbocycles. The fraction of sp³-hybridized carbons (Fsp3) is 0.400. The molecule has 0 fully saturated rings. The average Bonchev–Trinajstić information content (AvgIpc) is 2.19. The van der Waals surface area contributed by atoms with Crippen LogP contribution < -0.4 is 4.74 Å². The van der Waals surface area contributed by atoms with E-state index in [1.165, 1.54) is 24.3 Å². The molecule has 3 nitrogen and oxygen atoms in total. The van der Waals surface area contributed by atoms with Crippen LogP contribution in [-0.2, 0) is 0 Å². The van der Waals surface area contributed by atoms with Crippen LogP contribution in [0.2, 0.25) is 0 Å². The minimum Gasteiger partial charge on any atom is -0.699 e. The van der Waals surface area contributed by atoms with E-state index in [0.717, 1.165) is 0 Å². The van der Waals surface area contributed by atoms with E-state index in [2.05, 4.69) is 0 Å². The number of nitrogens with one attached hydrogen (secondary N) is 1. The van der Waals surface area contributed by atoms with Crippen molar-refractivity contribution in [1.82, 2.24) is 0 Å². The highest BCUT2D eigenvalue weighted by molar-refractivity contribution is 5.45. The van der Waals surface area contributed by atoms with E-state index in [9.17, 15) is 13.2 Å². The molecule has 1 aromatic rings. The summed E-state index contributed by atoms with van der Waals surface area (Å²) < 4.78 is 41.9. The number of benzene rings is 1. The number of aliphatic hydroxyl groups is 1. The Balaban J connectivity index is 2.72. The van der Waals surface area contributed by atoms with Crippen molar-refractivity contribution in [1.29, 1.82) is 0 Å². The lowest BCUT2D eigenvalue weighted by atomic mass is 10.2. The first-order valence-electron chi connectivity index (χ1n) is 4.59. The fourth-order valence-electron chi connectivity index (χ4n) is 1.10. The molecule has 0 heterocycles. The van der Waals surface area contributed by atoms with Gasteiger partial charge in [0.25, 0.3) is 0 Å². The van der Waals surface area contributed by atoms with Crippen LogP contribution in [0.25, 0.3) is 5.73 Å². The Morgan fingerprint density at radius 1 is 1.25 bits per heavy atom. The molecule has 1 rings (SSSR count). The number of hydrogen-bond acceptors (Lipinski definition) is 2. The van der Waals surface area contributed by atoms with Gasteiger partial charge in [-0.1, -0.05) is 12.1 Å². The normalized spacial score (nSPS) is 13.5. The van der Waals surface area contributed by atoms with Crippen molar-refractivity contribution in [2.75, 3.05) is 6.61 Å². The first-order valence-corrected chi connectivity index (χ1v) is 4.59. The zero-order chi connectivity index (χ0) is 12.2. The second-order valence-corrected chi connectivity index (χ2v) is 3.18. The number of aliphatic hydroxyl groups excluding tert-OH is 1. The van der Waals surface area contributed by atoms with Gasteiger partial charge in [-0.05, 0) is 12.1 Å². The van der Waals surface area contributed by atoms with Crippen molar-refractivity contribution in [2.45, 2.75) is 18.7 Å². The van der Waals surface area contributed by atoms with E-state index in [1.54, 1.807) is 0 Å². The SMILES string of the molecule is [NH-]c1ccc(O[C@H](CCO)C(F)(F)F)cc1. The lowest BCUT2D eigenvalue weighted by Crippen LogP contribution is -2.35. The average molecular weight is 234 g/mol. The molecule has 0 amide bonds. The number of alkyl halides is 3. The van der Waals surface area contributed by atoms with Crippen molar-refractivity contribution < 1.29 is 23.0 Å². The summed E-state index contributed by atoms with van der Waals surface area (Å²) in [5.41, 5.74) is 7.35. The first kappa shape index (κ1) is 12.6. The third-order valence-electron chi connectivity index (χ3n) is 1.89. The maximum absolute atomic E-state index is 12.4. The Morgan fingerprint density at radius 3 is 2.25 bits per heavy atom. The molecule has 1 aromatic carbocycles. The summed E-state index contributed by atoms with van der Waals surface area (Å²) in [6, 6.07) is 5.25.